The summed E-state index contributed by atoms with van der Waals surface area (Å²) in [6.45, 7) is 0.546. The van der Waals surface area contributed by atoms with Crippen molar-refractivity contribution in [1.82, 2.24) is 0 Å². The molecule has 106 valence electrons. The molecule has 1 fully saturated rings. The summed E-state index contributed by atoms with van der Waals surface area (Å²) in [6.07, 6.45) is 2.64. The van der Waals surface area contributed by atoms with E-state index in [-0.39, 0.29) is 12.4 Å². The molecular formula is C16H17Cl2NO. The Balaban J connectivity index is 0.00000147. The summed E-state index contributed by atoms with van der Waals surface area (Å²) in [6, 6.07) is 14.1. The van der Waals surface area contributed by atoms with Crippen LogP contribution < -0.4 is 10.5 Å². The second-order valence-corrected chi connectivity index (χ2v) is 5.27. The van der Waals surface area contributed by atoms with Gasteiger partial charge in [-0.15, -0.1) is 12.4 Å². The van der Waals surface area contributed by atoms with E-state index in [2.05, 4.69) is 12.1 Å². The van der Waals surface area contributed by atoms with Gasteiger partial charge in [-0.2, -0.15) is 0 Å². The average Bonchev–Trinajstić information content (AvgIpc) is 3.25. The summed E-state index contributed by atoms with van der Waals surface area (Å²) in [5.41, 5.74) is 9.00. The van der Waals surface area contributed by atoms with E-state index >= 15 is 0 Å². The molecule has 2 N–H and O–H groups in total. The van der Waals surface area contributed by atoms with E-state index in [0.717, 1.165) is 35.3 Å². The fourth-order valence-corrected chi connectivity index (χ4v) is 2.24. The SMILES string of the molecule is Cl.NCc1cccc(-c2ccc(OC3CC3)c(Cl)c2)c1. The summed E-state index contributed by atoms with van der Waals surface area (Å²) in [7, 11) is 0. The third-order valence-corrected chi connectivity index (χ3v) is 3.54. The Bertz CT molecular complexity index is 597. The Morgan fingerprint density at radius 2 is 1.85 bits per heavy atom. The quantitative estimate of drug-likeness (QED) is 0.907. The molecular weight excluding hydrogens is 293 g/mol. The summed E-state index contributed by atoms with van der Waals surface area (Å²) in [5.74, 6) is 0.780. The fourth-order valence-electron chi connectivity index (χ4n) is 2.02. The van der Waals surface area contributed by atoms with Crippen LogP contribution in [0.1, 0.15) is 18.4 Å². The second kappa shape index (κ2) is 6.49. The minimum absolute atomic E-state index is 0. The Labute approximate surface area is 130 Å². The Morgan fingerprint density at radius 3 is 2.50 bits per heavy atom. The van der Waals surface area contributed by atoms with Crippen molar-refractivity contribution in [2.24, 2.45) is 5.73 Å². The van der Waals surface area contributed by atoms with Gasteiger partial charge in [-0.05, 0) is 47.7 Å². The maximum atomic E-state index is 6.28. The van der Waals surface area contributed by atoms with Crippen LogP contribution >= 0.6 is 24.0 Å². The van der Waals surface area contributed by atoms with Gasteiger partial charge in [-0.25, -0.2) is 0 Å². The van der Waals surface area contributed by atoms with E-state index in [9.17, 15) is 0 Å². The van der Waals surface area contributed by atoms with Crippen LogP contribution in [-0.4, -0.2) is 6.10 Å². The van der Waals surface area contributed by atoms with Crippen LogP contribution in [0, 0.1) is 0 Å². The molecule has 0 unspecified atom stereocenters. The molecule has 0 bridgehead atoms. The maximum absolute atomic E-state index is 6.28. The molecule has 0 amide bonds. The Kier molecular flexibility index (Phi) is 4.92. The minimum Gasteiger partial charge on any atom is -0.489 e. The highest BCUT2D eigenvalue weighted by molar-refractivity contribution is 6.32. The molecule has 1 aliphatic carbocycles. The van der Waals surface area contributed by atoms with Crippen molar-refractivity contribution in [3.05, 3.63) is 53.1 Å². The fraction of sp³-hybridized carbons (Fsp3) is 0.250. The molecule has 1 saturated carbocycles. The van der Waals surface area contributed by atoms with Crippen LogP contribution in [0.15, 0.2) is 42.5 Å². The van der Waals surface area contributed by atoms with Gasteiger partial charge in [0.15, 0.2) is 0 Å². The number of hydrogen-bond donors (Lipinski definition) is 1. The molecule has 3 rings (SSSR count). The predicted molar refractivity (Wildman–Crippen MR) is 85.7 cm³/mol. The van der Waals surface area contributed by atoms with Crippen LogP contribution in [0.25, 0.3) is 11.1 Å². The molecule has 0 heterocycles. The highest BCUT2D eigenvalue weighted by Crippen LogP contribution is 2.34. The summed E-state index contributed by atoms with van der Waals surface area (Å²) in [4.78, 5) is 0. The highest BCUT2D eigenvalue weighted by atomic mass is 35.5. The van der Waals surface area contributed by atoms with E-state index in [0.29, 0.717) is 17.7 Å². The molecule has 20 heavy (non-hydrogen) atoms. The van der Waals surface area contributed by atoms with Gasteiger partial charge in [0.25, 0.3) is 0 Å². The van der Waals surface area contributed by atoms with Gasteiger partial charge in [0, 0.05) is 6.54 Å². The molecule has 0 aromatic heterocycles. The van der Waals surface area contributed by atoms with Gasteiger partial charge in [0.2, 0.25) is 0 Å². The van der Waals surface area contributed by atoms with Crippen molar-refractivity contribution in [1.29, 1.82) is 0 Å². The van der Waals surface area contributed by atoms with Gasteiger partial charge in [-0.1, -0.05) is 35.9 Å². The summed E-state index contributed by atoms with van der Waals surface area (Å²) >= 11 is 6.28. The third-order valence-electron chi connectivity index (χ3n) is 3.25. The molecule has 4 heteroatoms. The van der Waals surface area contributed by atoms with Crippen LogP contribution in [0.5, 0.6) is 5.75 Å². The number of rotatable bonds is 4. The first kappa shape index (κ1) is 15.2. The van der Waals surface area contributed by atoms with Crippen LogP contribution in [0.2, 0.25) is 5.02 Å². The molecule has 2 aromatic rings. The normalized spacial score (nSPS) is 13.7. The first-order valence-corrected chi connectivity index (χ1v) is 6.89. The lowest BCUT2D eigenvalue weighted by Gasteiger charge is -2.09. The lowest BCUT2D eigenvalue weighted by Crippen LogP contribution is -1.97. The Morgan fingerprint density at radius 1 is 1.10 bits per heavy atom. The molecule has 0 atom stereocenters. The number of halogens is 2. The first-order valence-electron chi connectivity index (χ1n) is 6.52. The smallest absolute Gasteiger partial charge is 0.138 e. The number of ether oxygens (including phenoxy) is 1. The molecule has 0 aliphatic heterocycles. The topological polar surface area (TPSA) is 35.2 Å². The molecule has 2 nitrogen and oxygen atoms in total. The lowest BCUT2D eigenvalue weighted by atomic mass is 10.0. The average molecular weight is 310 g/mol. The van der Waals surface area contributed by atoms with Crippen molar-refractivity contribution in [3.8, 4) is 16.9 Å². The van der Waals surface area contributed by atoms with Crippen LogP contribution in [0.3, 0.4) is 0 Å². The highest BCUT2D eigenvalue weighted by Gasteiger charge is 2.24. The number of benzene rings is 2. The van der Waals surface area contributed by atoms with E-state index in [1.807, 2.05) is 30.3 Å². The molecule has 2 aromatic carbocycles. The van der Waals surface area contributed by atoms with Crippen molar-refractivity contribution < 1.29 is 4.74 Å². The van der Waals surface area contributed by atoms with Crippen molar-refractivity contribution in [2.75, 3.05) is 0 Å². The Hall–Kier alpha value is -1.22. The molecule has 0 saturated heterocycles. The van der Waals surface area contributed by atoms with E-state index in [1.54, 1.807) is 0 Å². The van der Waals surface area contributed by atoms with Crippen molar-refractivity contribution >= 4 is 24.0 Å². The zero-order valence-corrected chi connectivity index (χ0v) is 12.6. The van der Waals surface area contributed by atoms with Crippen LogP contribution in [-0.2, 0) is 6.54 Å². The first-order chi connectivity index (χ1) is 9.26. The van der Waals surface area contributed by atoms with Crippen molar-refractivity contribution in [2.45, 2.75) is 25.5 Å². The molecule has 0 spiro atoms. The van der Waals surface area contributed by atoms with Gasteiger partial charge in [0.1, 0.15) is 5.75 Å². The van der Waals surface area contributed by atoms with Gasteiger partial charge >= 0.3 is 0 Å². The minimum atomic E-state index is 0. The molecule has 0 radical (unpaired) electrons. The standard InChI is InChI=1S/C16H16ClNO.ClH/c17-15-9-13(4-7-16(15)19-14-5-6-14)12-3-1-2-11(8-12)10-18;/h1-4,7-9,14H,5-6,10,18H2;1H. The summed E-state index contributed by atoms with van der Waals surface area (Å²) < 4.78 is 5.74. The van der Waals surface area contributed by atoms with Gasteiger partial charge in [-0.3, -0.25) is 0 Å². The predicted octanol–water partition coefficient (Wildman–Crippen LogP) is 4.43. The van der Waals surface area contributed by atoms with E-state index < -0.39 is 0 Å². The van der Waals surface area contributed by atoms with E-state index in [4.69, 9.17) is 22.1 Å². The summed E-state index contributed by atoms with van der Waals surface area (Å²) in [5, 5.41) is 0.669. The van der Waals surface area contributed by atoms with Crippen LogP contribution in [0.4, 0.5) is 0 Å². The lowest BCUT2D eigenvalue weighted by molar-refractivity contribution is 0.303. The zero-order chi connectivity index (χ0) is 13.2. The maximum Gasteiger partial charge on any atom is 0.138 e. The monoisotopic (exact) mass is 309 g/mol. The number of nitrogens with two attached hydrogens (primary N) is 1. The van der Waals surface area contributed by atoms with Gasteiger partial charge in [0.05, 0.1) is 11.1 Å². The number of hydrogen-bond acceptors (Lipinski definition) is 2. The second-order valence-electron chi connectivity index (χ2n) is 4.87. The van der Waals surface area contributed by atoms with Gasteiger partial charge < -0.3 is 10.5 Å². The molecule has 1 aliphatic rings. The van der Waals surface area contributed by atoms with E-state index in [1.165, 1.54) is 0 Å². The largest absolute Gasteiger partial charge is 0.489 e. The third kappa shape index (κ3) is 3.45. The zero-order valence-electron chi connectivity index (χ0n) is 11.0. The van der Waals surface area contributed by atoms with Crippen molar-refractivity contribution in [3.63, 3.8) is 0 Å².